The molecule has 1 aliphatic carbocycles. The average Bonchev–Trinajstić information content (AvgIpc) is 3.48. The van der Waals surface area contributed by atoms with Crippen molar-refractivity contribution in [2.75, 3.05) is 10.8 Å². The van der Waals surface area contributed by atoms with Crippen LogP contribution in [0.5, 0.6) is 0 Å². The molecule has 4 rings (SSSR count). The van der Waals surface area contributed by atoms with Crippen molar-refractivity contribution >= 4 is 50.7 Å². The number of hydrogen-bond acceptors (Lipinski definition) is 4. The first-order valence-electron chi connectivity index (χ1n) is 14.2. The monoisotopic (exact) mass is 629 g/mol. The second kappa shape index (κ2) is 13.9. The molecular weight excluding hydrogens is 593 g/mol. The van der Waals surface area contributed by atoms with Crippen LogP contribution >= 0.6 is 23.2 Å². The molecule has 224 valence electrons. The predicted molar refractivity (Wildman–Crippen MR) is 168 cm³/mol. The maximum atomic E-state index is 14.3. The summed E-state index contributed by atoms with van der Waals surface area (Å²) in [6.07, 6.45) is 4.19. The smallest absolute Gasteiger partial charge is 0.264 e. The third kappa shape index (κ3) is 7.28. The van der Waals surface area contributed by atoms with Gasteiger partial charge in [0.05, 0.1) is 10.6 Å². The van der Waals surface area contributed by atoms with Gasteiger partial charge in [-0.25, -0.2) is 8.42 Å². The highest BCUT2D eigenvalue weighted by Gasteiger charge is 2.35. The average molecular weight is 631 g/mol. The van der Waals surface area contributed by atoms with Crippen LogP contribution in [0.4, 0.5) is 5.69 Å². The van der Waals surface area contributed by atoms with Crippen molar-refractivity contribution < 1.29 is 18.0 Å². The van der Waals surface area contributed by atoms with Gasteiger partial charge in [-0.05, 0) is 74.6 Å². The molecule has 3 aromatic rings. The van der Waals surface area contributed by atoms with E-state index < -0.39 is 28.5 Å². The topological polar surface area (TPSA) is 86.8 Å². The summed E-state index contributed by atoms with van der Waals surface area (Å²) >= 11 is 13.0. The molecule has 0 heterocycles. The molecule has 1 aliphatic rings. The molecule has 0 spiro atoms. The number of sulfonamides is 1. The molecule has 0 saturated heterocycles. The number of benzene rings is 3. The van der Waals surface area contributed by atoms with Crippen LogP contribution in [0, 0.1) is 13.8 Å². The molecule has 3 aromatic carbocycles. The first-order valence-corrected chi connectivity index (χ1v) is 16.4. The van der Waals surface area contributed by atoms with E-state index in [2.05, 4.69) is 5.32 Å². The van der Waals surface area contributed by atoms with E-state index >= 15 is 0 Å². The second-order valence-electron chi connectivity index (χ2n) is 10.8. The van der Waals surface area contributed by atoms with Crippen molar-refractivity contribution in [3.63, 3.8) is 0 Å². The number of carbonyl (C=O) groups is 2. The van der Waals surface area contributed by atoms with Gasteiger partial charge < -0.3 is 10.2 Å². The van der Waals surface area contributed by atoms with Crippen LogP contribution in [0.1, 0.15) is 55.7 Å². The number of nitrogens with one attached hydrogen (secondary N) is 1. The summed E-state index contributed by atoms with van der Waals surface area (Å²) in [6.45, 7) is 4.93. The van der Waals surface area contributed by atoms with Crippen molar-refractivity contribution in [2.45, 2.75) is 76.4 Å². The minimum absolute atomic E-state index is 0.0531. The van der Waals surface area contributed by atoms with Gasteiger partial charge >= 0.3 is 0 Å². The fraction of sp³-hybridized carbons (Fsp3) is 0.375. The highest BCUT2D eigenvalue weighted by molar-refractivity contribution is 7.92. The highest BCUT2D eigenvalue weighted by atomic mass is 35.5. The van der Waals surface area contributed by atoms with Gasteiger partial charge in [-0.3, -0.25) is 13.9 Å². The lowest BCUT2D eigenvalue weighted by molar-refractivity contribution is -0.140. The third-order valence-electron chi connectivity index (χ3n) is 7.72. The summed E-state index contributed by atoms with van der Waals surface area (Å²) in [6, 6.07) is 17.7. The number of amides is 2. The second-order valence-corrected chi connectivity index (χ2v) is 13.4. The van der Waals surface area contributed by atoms with E-state index in [1.807, 2.05) is 26.0 Å². The molecule has 1 atom stereocenters. The van der Waals surface area contributed by atoms with E-state index in [-0.39, 0.29) is 23.4 Å². The molecule has 42 heavy (non-hydrogen) atoms. The van der Waals surface area contributed by atoms with E-state index in [9.17, 15) is 18.0 Å². The van der Waals surface area contributed by atoms with Crippen LogP contribution in [0.2, 0.25) is 10.0 Å². The molecule has 2 amide bonds. The van der Waals surface area contributed by atoms with Gasteiger partial charge in [0, 0.05) is 28.2 Å². The Hall–Kier alpha value is -3.07. The fourth-order valence-electron chi connectivity index (χ4n) is 5.36. The number of carbonyl (C=O) groups excluding carboxylic acids is 2. The van der Waals surface area contributed by atoms with Crippen molar-refractivity contribution in [3.05, 3.63) is 93.5 Å². The van der Waals surface area contributed by atoms with Gasteiger partial charge in [-0.2, -0.15) is 0 Å². The van der Waals surface area contributed by atoms with E-state index in [0.29, 0.717) is 33.3 Å². The first kappa shape index (κ1) is 31.9. The Morgan fingerprint density at radius 1 is 0.952 bits per heavy atom. The van der Waals surface area contributed by atoms with E-state index in [4.69, 9.17) is 23.2 Å². The largest absolute Gasteiger partial charge is 0.352 e. The molecule has 0 radical (unpaired) electrons. The van der Waals surface area contributed by atoms with Gasteiger partial charge in [-0.15, -0.1) is 0 Å². The molecule has 10 heteroatoms. The minimum atomic E-state index is -4.15. The fourth-order valence-corrected chi connectivity index (χ4v) is 7.37. The molecule has 0 bridgehead atoms. The molecule has 1 saturated carbocycles. The van der Waals surface area contributed by atoms with Crippen LogP contribution in [-0.4, -0.2) is 43.8 Å². The Balaban J connectivity index is 1.77. The Kier molecular flexibility index (Phi) is 10.6. The van der Waals surface area contributed by atoms with Crippen LogP contribution < -0.4 is 9.62 Å². The zero-order valence-corrected chi connectivity index (χ0v) is 26.5. The van der Waals surface area contributed by atoms with E-state index in [0.717, 1.165) is 35.6 Å². The maximum absolute atomic E-state index is 14.3. The SMILES string of the molecule is CC[C@H](C(=O)NC1CCCC1)N(Cc1c(Cl)cccc1Cl)C(=O)CN(c1cc(C)ccc1C)S(=O)(=O)c1ccccc1. The Bertz CT molecular complexity index is 1510. The van der Waals surface area contributed by atoms with Gasteiger partial charge in [0.15, 0.2) is 0 Å². The summed E-state index contributed by atoms with van der Waals surface area (Å²) in [7, 11) is -4.15. The van der Waals surface area contributed by atoms with Crippen molar-refractivity contribution in [1.29, 1.82) is 0 Å². The Morgan fingerprint density at radius 2 is 1.60 bits per heavy atom. The van der Waals surface area contributed by atoms with Gasteiger partial charge in [0.1, 0.15) is 12.6 Å². The summed E-state index contributed by atoms with van der Waals surface area (Å²) in [4.78, 5) is 29.4. The molecule has 0 aromatic heterocycles. The van der Waals surface area contributed by atoms with Crippen molar-refractivity contribution in [2.24, 2.45) is 0 Å². The summed E-state index contributed by atoms with van der Waals surface area (Å²) < 4.78 is 29.3. The van der Waals surface area contributed by atoms with Gasteiger partial charge in [-0.1, -0.05) is 79.4 Å². The Morgan fingerprint density at radius 3 is 2.21 bits per heavy atom. The number of anilines is 1. The molecule has 1 fully saturated rings. The Labute approximate surface area is 258 Å². The summed E-state index contributed by atoms with van der Waals surface area (Å²) in [5.41, 5.74) is 2.43. The standard InChI is InChI=1S/C32H37Cl2N3O4S/c1-4-29(32(39)35-24-11-8-9-12-24)36(20-26-27(33)15-10-16-28(26)34)31(38)21-37(30-19-22(2)17-18-23(30)3)42(40,41)25-13-6-5-7-14-25/h5-7,10,13-19,24,29H,4,8-9,11-12,20-21H2,1-3H3,(H,35,39)/t29-/m1/s1. The van der Waals surface area contributed by atoms with Crippen LogP contribution in [0.3, 0.4) is 0 Å². The van der Waals surface area contributed by atoms with Gasteiger partial charge in [0.25, 0.3) is 10.0 Å². The summed E-state index contributed by atoms with van der Waals surface area (Å²) in [5.74, 6) is -0.815. The minimum Gasteiger partial charge on any atom is -0.352 e. The molecule has 0 unspecified atom stereocenters. The molecule has 0 aliphatic heterocycles. The lowest BCUT2D eigenvalue weighted by Gasteiger charge is -2.34. The number of halogens is 2. The maximum Gasteiger partial charge on any atom is 0.264 e. The van der Waals surface area contributed by atoms with Crippen LogP contribution in [0.15, 0.2) is 71.6 Å². The zero-order valence-electron chi connectivity index (χ0n) is 24.1. The van der Waals surface area contributed by atoms with Crippen LogP contribution in [-0.2, 0) is 26.2 Å². The summed E-state index contributed by atoms with van der Waals surface area (Å²) in [5, 5.41) is 3.82. The third-order valence-corrected chi connectivity index (χ3v) is 10.2. The number of rotatable bonds is 11. The lowest BCUT2D eigenvalue weighted by atomic mass is 10.1. The van der Waals surface area contributed by atoms with Crippen molar-refractivity contribution in [1.82, 2.24) is 10.2 Å². The van der Waals surface area contributed by atoms with Gasteiger partial charge in [0.2, 0.25) is 11.8 Å². The van der Waals surface area contributed by atoms with Crippen LogP contribution in [0.25, 0.3) is 0 Å². The number of hydrogen-bond donors (Lipinski definition) is 1. The number of aryl methyl sites for hydroxylation is 2. The predicted octanol–water partition coefficient (Wildman–Crippen LogP) is 6.67. The van der Waals surface area contributed by atoms with E-state index in [1.165, 1.54) is 17.0 Å². The molecular formula is C32H37Cl2N3O4S. The molecule has 7 nitrogen and oxygen atoms in total. The normalized spacial score (nSPS) is 14.4. The zero-order chi connectivity index (χ0) is 30.4. The highest BCUT2D eigenvalue weighted by Crippen LogP contribution is 2.30. The quantitative estimate of drug-likeness (QED) is 0.256. The number of nitrogens with zero attached hydrogens (tertiary/aromatic N) is 2. The lowest BCUT2D eigenvalue weighted by Crippen LogP contribution is -2.53. The molecule has 1 N–H and O–H groups in total. The van der Waals surface area contributed by atoms with E-state index in [1.54, 1.807) is 49.4 Å². The first-order chi connectivity index (χ1) is 20.0. The van der Waals surface area contributed by atoms with Crippen molar-refractivity contribution in [3.8, 4) is 0 Å².